The Balaban J connectivity index is 2.50. The third-order valence-corrected chi connectivity index (χ3v) is 2.38. The van der Waals surface area contributed by atoms with Crippen LogP contribution in [0.1, 0.15) is 24.8 Å². The molecule has 0 fully saturated rings. The van der Waals surface area contributed by atoms with Crippen molar-refractivity contribution in [1.82, 2.24) is 10.5 Å². The van der Waals surface area contributed by atoms with Crippen LogP contribution in [0.5, 0.6) is 0 Å². The number of aromatic nitrogens is 1. The molecule has 1 aliphatic heterocycles. The molecule has 16 heavy (non-hydrogen) atoms. The second-order valence-corrected chi connectivity index (χ2v) is 3.62. The first kappa shape index (κ1) is 10.5. The molecule has 0 aliphatic carbocycles. The smallest absolute Gasteiger partial charge is 0.217 e. The maximum absolute atomic E-state index is 5.64. The summed E-state index contributed by atoms with van der Waals surface area (Å²) in [7, 11) is 0. The second-order valence-electron chi connectivity index (χ2n) is 3.62. The van der Waals surface area contributed by atoms with Crippen LogP contribution in [0.15, 0.2) is 20.6 Å². The third kappa shape index (κ3) is 1.60. The second kappa shape index (κ2) is 3.51. The predicted octanol–water partition coefficient (Wildman–Crippen LogP) is -0.222. The molecule has 0 aromatic carbocycles. The first-order valence-electron chi connectivity index (χ1n) is 4.97. The standard InChI is InChI=1S/C9H14N6O/c1-3-9(6-4-5(2)15-16-6)13-7(10)12-8(11)14-9/h4H,3H2,1-2H3,(H5,10,11,12,13,14). The number of hydrogen-bond acceptors (Lipinski definition) is 7. The third-order valence-electron chi connectivity index (χ3n) is 2.38. The van der Waals surface area contributed by atoms with Gasteiger partial charge in [-0.1, -0.05) is 12.1 Å². The van der Waals surface area contributed by atoms with Gasteiger partial charge in [0, 0.05) is 6.07 Å². The fourth-order valence-corrected chi connectivity index (χ4v) is 1.61. The van der Waals surface area contributed by atoms with Gasteiger partial charge >= 0.3 is 0 Å². The highest BCUT2D eigenvalue weighted by Crippen LogP contribution is 2.32. The molecule has 5 N–H and O–H groups in total. The summed E-state index contributed by atoms with van der Waals surface area (Å²) in [6, 6.07) is 1.78. The van der Waals surface area contributed by atoms with Crippen molar-refractivity contribution in [3.8, 4) is 0 Å². The van der Waals surface area contributed by atoms with Crippen molar-refractivity contribution in [2.45, 2.75) is 25.9 Å². The first-order chi connectivity index (χ1) is 7.55. The molecule has 0 bridgehead atoms. The van der Waals surface area contributed by atoms with E-state index in [4.69, 9.17) is 16.0 Å². The Morgan fingerprint density at radius 3 is 2.44 bits per heavy atom. The monoisotopic (exact) mass is 222 g/mol. The van der Waals surface area contributed by atoms with Gasteiger partial charge in [-0.05, 0) is 13.3 Å². The summed E-state index contributed by atoms with van der Waals surface area (Å²) >= 11 is 0. The van der Waals surface area contributed by atoms with E-state index in [-0.39, 0.29) is 11.9 Å². The fraction of sp³-hybridized carbons (Fsp3) is 0.444. The van der Waals surface area contributed by atoms with Crippen LogP contribution in [0.25, 0.3) is 0 Å². The van der Waals surface area contributed by atoms with E-state index in [1.807, 2.05) is 13.8 Å². The van der Waals surface area contributed by atoms with Crippen LogP contribution >= 0.6 is 0 Å². The molecule has 86 valence electrons. The van der Waals surface area contributed by atoms with E-state index in [1.165, 1.54) is 0 Å². The number of aryl methyl sites for hydroxylation is 1. The Morgan fingerprint density at radius 1 is 1.38 bits per heavy atom. The van der Waals surface area contributed by atoms with Gasteiger partial charge in [0.2, 0.25) is 5.66 Å². The lowest BCUT2D eigenvalue weighted by atomic mass is 10.0. The number of hydrogen-bond donors (Lipinski definition) is 3. The highest BCUT2D eigenvalue weighted by Gasteiger charge is 2.36. The maximum Gasteiger partial charge on any atom is 0.217 e. The lowest BCUT2D eigenvalue weighted by molar-refractivity contribution is 0.289. The number of aliphatic imine (C=N–C) groups is 2. The molecule has 0 unspecified atom stereocenters. The molecule has 0 saturated heterocycles. The summed E-state index contributed by atoms with van der Waals surface area (Å²) in [6.45, 7) is 3.76. The lowest BCUT2D eigenvalue weighted by Crippen LogP contribution is -2.48. The molecule has 0 atom stereocenters. The number of guanidine groups is 2. The van der Waals surface area contributed by atoms with Gasteiger partial charge in [-0.25, -0.2) is 9.98 Å². The summed E-state index contributed by atoms with van der Waals surface area (Å²) in [5.41, 5.74) is 11.2. The zero-order valence-corrected chi connectivity index (χ0v) is 9.19. The van der Waals surface area contributed by atoms with Crippen molar-refractivity contribution in [3.05, 3.63) is 17.5 Å². The Kier molecular flexibility index (Phi) is 2.30. The number of nitrogens with two attached hydrogens (primary N) is 2. The fourth-order valence-electron chi connectivity index (χ4n) is 1.61. The molecule has 0 saturated carbocycles. The minimum absolute atomic E-state index is 0.225. The topological polar surface area (TPSA) is 115 Å². The number of nitrogens with one attached hydrogen (secondary N) is 1. The van der Waals surface area contributed by atoms with Crippen LogP contribution in [-0.4, -0.2) is 17.1 Å². The average molecular weight is 222 g/mol. The minimum atomic E-state index is -0.888. The SMILES string of the molecule is CCC1(c2cc(C)no2)N=C(N)NC(N)=N1. The normalized spacial score (nSPS) is 18.6. The Labute approximate surface area is 92.6 Å². The van der Waals surface area contributed by atoms with Crippen molar-refractivity contribution in [2.24, 2.45) is 21.5 Å². The predicted molar refractivity (Wildman–Crippen MR) is 59.6 cm³/mol. The Morgan fingerprint density at radius 2 is 2.00 bits per heavy atom. The number of rotatable bonds is 2. The first-order valence-corrected chi connectivity index (χ1v) is 4.97. The molecule has 1 aromatic rings. The van der Waals surface area contributed by atoms with Gasteiger partial charge in [0.15, 0.2) is 17.7 Å². The molecule has 0 amide bonds. The van der Waals surface area contributed by atoms with E-state index >= 15 is 0 Å². The molecule has 7 heteroatoms. The van der Waals surface area contributed by atoms with Crippen LogP contribution in [0.3, 0.4) is 0 Å². The van der Waals surface area contributed by atoms with Crippen molar-refractivity contribution in [1.29, 1.82) is 0 Å². The van der Waals surface area contributed by atoms with Crippen molar-refractivity contribution < 1.29 is 4.52 Å². The van der Waals surface area contributed by atoms with Crippen LogP contribution in [0, 0.1) is 6.92 Å². The highest BCUT2D eigenvalue weighted by molar-refractivity contribution is 5.98. The van der Waals surface area contributed by atoms with Crippen LogP contribution < -0.4 is 16.8 Å². The van der Waals surface area contributed by atoms with Crippen molar-refractivity contribution in [2.75, 3.05) is 0 Å². The van der Waals surface area contributed by atoms with Crippen LogP contribution in [0.4, 0.5) is 0 Å². The van der Waals surface area contributed by atoms with E-state index in [9.17, 15) is 0 Å². The zero-order valence-electron chi connectivity index (χ0n) is 9.19. The lowest BCUT2D eigenvalue weighted by Gasteiger charge is -2.26. The quantitative estimate of drug-likeness (QED) is 0.639. The van der Waals surface area contributed by atoms with E-state index in [1.54, 1.807) is 6.07 Å². The van der Waals surface area contributed by atoms with Gasteiger partial charge in [-0.15, -0.1) is 0 Å². The molecule has 2 rings (SSSR count). The van der Waals surface area contributed by atoms with E-state index in [2.05, 4.69) is 20.5 Å². The summed E-state index contributed by atoms with van der Waals surface area (Å²) in [6.07, 6.45) is 0.588. The number of nitrogens with zero attached hydrogens (tertiary/aromatic N) is 3. The molecule has 0 spiro atoms. The molecular formula is C9H14N6O. The van der Waals surface area contributed by atoms with Gasteiger partial charge in [0.05, 0.1) is 5.69 Å². The van der Waals surface area contributed by atoms with E-state index < -0.39 is 5.66 Å². The molecule has 0 radical (unpaired) electrons. The van der Waals surface area contributed by atoms with Crippen LogP contribution in [0.2, 0.25) is 0 Å². The minimum Gasteiger partial charge on any atom is -0.370 e. The van der Waals surface area contributed by atoms with Gasteiger partial charge in [-0.2, -0.15) is 0 Å². The summed E-state index contributed by atoms with van der Waals surface area (Å²) in [5, 5.41) is 6.46. The summed E-state index contributed by atoms with van der Waals surface area (Å²) in [5.74, 6) is 0.992. The molecule has 1 aliphatic rings. The zero-order chi connectivity index (χ0) is 11.8. The van der Waals surface area contributed by atoms with E-state index in [0.717, 1.165) is 5.69 Å². The summed E-state index contributed by atoms with van der Waals surface area (Å²) < 4.78 is 5.19. The maximum atomic E-state index is 5.64. The van der Waals surface area contributed by atoms with Crippen LogP contribution in [-0.2, 0) is 5.66 Å². The highest BCUT2D eigenvalue weighted by atomic mass is 16.5. The van der Waals surface area contributed by atoms with Gasteiger partial charge in [0.25, 0.3) is 0 Å². The Hall–Kier alpha value is -2.05. The largest absolute Gasteiger partial charge is 0.370 e. The molecule has 2 heterocycles. The summed E-state index contributed by atoms with van der Waals surface area (Å²) in [4.78, 5) is 8.50. The molecule has 1 aromatic heterocycles. The van der Waals surface area contributed by atoms with Crippen molar-refractivity contribution >= 4 is 11.9 Å². The van der Waals surface area contributed by atoms with Gasteiger partial charge < -0.3 is 16.0 Å². The average Bonchev–Trinajstić information content (AvgIpc) is 2.63. The van der Waals surface area contributed by atoms with Gasteiger partial charge in [-0.3, -0.25) is 5.32 Å². The Bertz CT molecular complexity index is 442. The van der Waals surface area contributed by atoms with E-state index in [0.29, 0.717) is 12.2 Å². The van der Waals surface area contributed by atoms with Crippen molar-refractivity contribution in [3.63, 3.8) is 0 Å². The van der Waals surface area contributed by atoms with Gasteiger partial charge in [0.1, 0.15) is 0 Å². The molecule has 7 nitrogen and oxygen atoms in total. The molecular weight excluding hydrogens is 208 g/mol.